The van der Waals surface area contributed by atoms with Gasteiger partial charge < -0.3 is 9.52 Å². The molecule has 0 bridgehead atoms. The van der Waals surface area contributed by atoms with E-state index in [0.717, 1.165) is 61.7 Å². The summed E-state index contributed by atoms with van der Waals surface area (Å²) in [5.41, 5.74) is 4.26. The second-order valence-corrected chi connectivity index (χ2v) is 7.41. The van der Waals surface area contributed by atoms with Gasteiger partial charge in [-0.2, -0.15) is 0 Å². The second kappa shape index (κ2) is 6.34. The molecule has 1 aromatic carbocycles. The molecular formula is C20H25NO3. The average molecular weight is 327 g/mol. The van der Waals surface area contributed by atoms with Crippen LogP contribution >= 0.6 is 0 Å². The largest absolute Gasteiger partial charge is 0.423 e. The predicted molar refractivity (Wildman–Crippen MR) is 94.2 cm³/mol. The van der Waals surface area contributed by atoms with Crippen molar-refractivity contribution in [3.05, 3.63) is 45.3 Å². The lowest BCUT2D eigenvalue weighted by Gasteiger charge is -2.26. The highest BCUT2D eigenvalue weighted by Gasteiger charge is 2.26. The van der Waals surface area contributed by atoms with Crippen molar-refractivity contribution in [2.24, 2.45) is 0 Å². The van der Waals surface area contributed by atoms with Gasteiger partial charge in [-0.15, -0.1) is 0 Å². The molecule has 1 fully saturated rings. The summed E-state index contributed by atoms with van der Waals surface area (Å²) in [6.45, 7) is 3.65. The van der Waals surface area contributed by atoms with Gasteiger partial charge in [0.1, 0.15) is 5.58 Å². The fraction of sp³-hybridized carbons (Fsp3) is 0.550. The monoisotopic (exact) mass is 327 g/mol. The van der Waals surface area contributed by atoms with Crippen LogP contribution in [0.2, 0.25) is 0 Å². The number of hydrogen-bond acceptors (Lipinski definition) is 4. The Morgan fingerprint density at radius 1 is 1.25 bits per heavy atom. The Kier molecular flexibility index (Phi) is 4.19. The smallest absolute Gasteiger partial charge is 0.336 e. The van der Waals surface area contributed by atoms with E-state index in [-0.39, 0.29) is 11.7 Å². The first-order chi connectivity index (χ1) is 11.6. The lowest BCUT2D eigenvalue weighted by atomic mass is 10.0. The van der Waals surface area contributed by atoms with Crippen molar-refractivity contribution >= 4 is 11.0 Å². The maximum Gasteiger partial charge on any atom is 0.336 e. The summed E-state index contributed by atoms with van der Waals surface area (Å²) < 4.78 is 5.47. The lowest BCUT2D eigenvalue weighted by Crippen LogP contribution is -2.31. The molecule has 1 aliphatic heterocycles. The molecule has 24 heavy (non-hydrogen) atoms. The fourth-order valence-corrected chi connectivity index (χ4v) is 4.41. The molecule has 1 saturated heterocycles. The van der Waals surface area contributed by atoms with Crippen LogP contribution in [-0.2, 0) is 19.4 Å². The van der Waals surface area contributed by atoms with Gasteiger partial charge in [-0.05, 0) is 80.8 Å². The zero-order chi connectivity index (χ0) is 16.7. The number of aliphatic hydroxyl groups is 1. The molecule has 0 radical (unpaired) electrons. The number of likely N-dealkylation sites (tertiary alicyclic amines) is 1. The molecule has 0 saturated carbocycles. The Balaban J connectivity index is 1.69. The molecule has 4 nitrogen and oxygen atoms in total. The quantitative estimate of drug-likeness (QED) is 0.877. The van der Waals surface area contributed by atoms with Crippen molar-refractivity contribution in [3.8, 4) is 0 Å². The topological polar surface area (TPSA) is 53.7 Å². The van der Waals surface area contributed by atoms with Crippen LogP contribution in [0.3, 0.4) is 0 Å². The Hall–Kier alpha value is -1.65. The number of fused-ring (bicyclic) bond motifs is 2. The first kappa shape index (κ1) is 15.9. The third kappa shape index (κ3) is 3.01. The Bertz CT molecular complexity index is 808. The summed E-state index contributed by atoms with van der Waals surface area (Å²) in [6, 6.07) is 6.36. The van der Waals surface area contributed by atoms with E-state index in [1.165, 1.54) is 17.5 Å². The van der Waals surface area contributed by atoms with Crippen molar-refractivity contribution in [2.75, 3.05) is 6.54 Å². The number of aliphatic hydroxyl groups excluding tert-OH is 1. The van der Waals surface area contributed by atoms with E-state index < -0.39 is 0 Å². The van der Waals surface area contributed by atoms with Crippen molar-refractivity contribution in [3.63, 3.8) is 0 Å². The van der Waals surface area contributed by atoms with Gasteiger partial charge in [-0.3, -0.25) is 4.90 Å². The van der Waals surface area contributed by atoms with Crippen LogP contribution < -0.4 is 5.63 Å². The summed E-state index contributed by atoms with van der Waals surface area (Å²) in [6.07, 6.45) is 6.20. The molecule has 128 valence electrons. The van der Waals surface area contributed by atoms with Crippen molar-refractivity contribution in [2.45, 2.75) is 64.1 Å². The molecule has 4 rings (SSSR count). The van der Waals surface area contributed by atoms with E-state index in [0.29, 0.717) is 6.04 Å². The highest BCUT2D eigenvalue weighted by molar-refractivity contribution is 5.82. The van der Waals surface area contributed by atoms with Crippen LogP contribution in [0.25, 0.3) is 11.0 Å². The molecule has 1 aliphatic carbocycles. The standard InChI is InChI=1S/C20H25NO3/c1-13(22)8-17-6-3-7-21(17)12-16-11-20(23)24-19-10-15-5-2-4-14(15)9-18(16)19/h9-11,13,17,22H,2-8,12H2,1H3. The van der Waals surface area contributed by atoms with Gasteiger partial charge in [0.25, 0.3) is 0 Å². The fourth-order valence-electron chi connectivity index (χ4n) is 4.41. The summed E-state index contributed by atoms with van der Waals surface area (Å²) in [7, 11) is 0. The van der Waals surface area contributed by atoms with Gasteiger partial charge >= 0.3 is 5.63 Å². The first-order valence-corrected chi connectivity index (χ1v) is 9.11. The highest BCUT2D eigenvalue weighted by Crippen LogP contribution is 2.30. The summed E-state index contributed by atoms with van der Waals surface area (Å²) in [4.78, 5) is 14.4. The lowest BCUT2D eigenvalue weighted by molar-refractivity contribution is 0.131. The van der Waals surface area contributed by atoms with Gasteiger partial charge in [0.05, 0.1) is 6.10 Å². The molecule has 2 atom stereocenters. The first-order valence-electron chi connectivity index (χ1n) is 9.11. The van der Waals surface area contributed by atoms with E-state index in [1.807, 2.05) is 6.92 Å². The summed E-state index contributed by atoms with van der Waals surface area (Å²) >= 11 is 0. The number of aryl methyl sites for hydroxylation is 2. The van der Waals surface area contributed by atoms with Gasteiger partial charge in [0.15, 0.2) is 0 Å². The SMILES string of the molecule is CC(O)CC1CCCN1Cc1cc(=O)oc2cc3c(cc12)CCC3. The van der Waals surface area contributed by atoms with Crippen LogP contribution in [0.1, 0.15) is 49.3 Å². The maximum atomic E-state index is 12.0. The van der Waals surface area contributed by atoms with Crippen molar-refractivity contribution in [1.29, 1.82) is 0 Å². The van der Waals surface area contributed by atoms with E-state index in [9.17, 15) is 9.90 Å². The molecule has 0 spiro atoms. The summed E-state index contributed by atoms with van der Waals surface area (Å²) in [5.74, 6) is 0. The summed E-state index contributed by atoms with van der Waals surface area (Å²) in [5, 5.41) is 10.8. The molecule has 2 aliphatic rings. The van der Waals surface area contributed by atoms with E-state index >= 15 is 0 Å². The number of hydrogen-bond donors (Lipinski definition) is 1. The maximum absolute atomic E-state index is 12.0. The van der Waals surface area contributed by atoms with Crippen LogP contribution in [-0.4, -0.2) is 28.7 Å². The Morgan fingerprint density at radius 3 is 2.83 bits per heavy atom. The van der Waals surface area contributed by atoms with E-state index in [4.69, 9.17) is 4.42 Å². The van der Waals surface area contributed by atoms with E-state index in [1.54, 1.807) is 6.07 Å². The molecule has 1 N–H and O–H groups in total. The molecule has 0 amide bonds. The van der Waals surface area contributed by atoms with Gasteiger partial charge in [0, 0.05) is 24.0 Å². The molecule has 4 heteroatoms. The van der Waals surface area contributed by atoms with Crippen LogP contribution in [0.15, 0.2) is 27.4 Å². The number of nitrogens with zero attached hydrogens (tertiary/aromatic N) is 1. The highest BCUT2D eigenvalue weighted by atomic mass is 16.4. The molecule has 2 unspecified atom stereocenters. The average Bonchev–Trinajstić information content (AvgIpc) is 3.14. The van der Waals surface area contributed by atoms with Crippen LogP contribution in [0.4, 0.5) is 0 Å². The number of benzene rings is 1. The van der Waals surface area contributed by atoms with Crippen molar-refractivity contribution < 1.29 is 9.52 Å². The molecule has 2 aromatic rings. The predicted octanol–water partition coefficient (Wildman–Crippen LogP) is 3.02. The number of rotatable bonds is 4. The minimum Gasteiger partial charge on any atom is -0.423 e. The van der Waals surface area contributed by atoms with Crippen molar-refractivity contribution in [1.82, 2.24) is 4.90 Å². The van der Waals surface area contributed by atoms with E-state index in [2.05, 4.69) is 17.0 Å². The minimum atomic E-state index is -0.281. The van der Waals surface area contributed by atoms with Gasteiger partial charge in [-0.25, -0.2) is 4.79 Å². The second-order valence-electron chi connectivity index (χ2n) is 7.41. The van der Waals surface area contributed by atoms with Gasteiger partial charge in [-0.1, -0.05) is 0 Å². The van der Waals surface area contributed by atoms with Crippen LogP contribution in [0.5, 0.6) is 0 Å². The van der Waals surface area contributed by atoms with Gasteiger partial charge in [0.2, 0.25) is 0 Å². The minimum absolute atomic E-state index is 0.262. The molecular weight excluding hydrogens is 302 g/mol. The third-order valence-electron chi connectivity index (χ3n) is 5.53. The molecule has 2 heterocycles. The normalized spacial score (nSPS) is 22.2. The third-order valence-corrected chi connectivity index (χ3v) is 5.53. The van der Waals surface area contributed by atoms with Crippen LogP contribution in [0, 0.1) is 0 Å². The zero-order valence-electron chi connectivity index (χ0n) is 14.3. The zero-order valence-corrected chi connectivity index (χ0v) is 14.3. The molecule has 1 aromatic heterocycles. The Labute approximate surface area is 142 Å². The Morgan fingerprint density at radius 2 is 2.04 bits per heavy atom.